The van der Waals surface area contributed by atoms with E-state index in [0.717, 1.165) is 17.1 Å². The second-order valence-corrected chi connectivity index (χ2v) is 6.33. The summed E-state index contributed by atoms with van der Waals surface area (Å²) in [7, 11) is 1.98. The number of nitrogens with zero attached hydrogens (tertiary/aromatic N) is 2. The van der Waals surface area contributed by atoms with Crippen molar-refractivity contribution < 1.29 is 0 Å². The largest absolute Gasteiger partial charge is 0.305 e. The minimum absolute atomic E-state index is 0.171. The summed E-state index contributed by atoms with van der Waals surface area (Å²) in [5, 5.41) is 7.73. The van der Waals surface area contributed by atoms with Gasteiger partial charge in [-0.25, -0.2) is 9.97 Å². The van der Waals surface area contributed by atoms with E-state index in [1.165, 1.54) is 28.4 Å². The number of rotatable bonds is 3. The van der Waals surface area contributed by atoms with Crippen molar-refractivity contribution in [3.63, 3.8) is 0 Å². The molecule has 0 spiro atoms. The van der Waals surface area contributed by atoms with Gasteiger partial charge in [-0.15, -0.1) is 22.7 Å². The van der Waals surface area contributed by atoms with Crippen LogP contribution in [0, 0.1) is 6.92 Å². The molecule has 2 heterocycles. The van der Waals surface area contributed by atoms with E-state index in [1.807, 2.05) is 25.3 Å². The highest BCUT2D eigenvalue weighted by Crippen LogP contribution is 2.33. The average molecular weight is 265 g/mol. The van der Waals surface area contributed by atoms with E-state index in [4.69, 9.17) is 4.98 Å². The summed E-state index contributed by atoms with van der Waals surface area (Å²) in [6, 6.07) is 0.171. The van der Waals surface area contributed by atoms with Gasteiger partial charge in [0, 0.05) is 16.0 Å². The van der Waals surface area contributed by atoms with Crippen LogP contribution in [-0.2, 0) is 12.8 Å². The van der Waals surface area contributed by atoms with Crippen LogP contribution in [-0.4, -0.2) is 17.0 Å². The molecule has 0 amide bonds. The molecule has 0 aliphatic heterocycles. The Balaban J connectivity index is 1.94. The van der Waals surface area contributed by atoms with Gasteiger partial charge in [0.15, 0.2) is 0 Å². The number of aromatic nitrogens is 2. The third-order valence-electron chi connectivity index (χ3n) is 3.03. The number of hydrogen-bond acceptors (Lipinski definition) is 5. The summed E-state index contributed by atoms with van der Waals surface area (Å²) < 4.78 is 0. The second kappa shape index (κ2) is 4.48. The zero-order valence-corrected chi connectivity index (χ0v) is 11.6. The highest BCUT2D eigenvalue weighted by atomic mass is 32.1. The Morgan fingerprint density at radius 3 is 2.82 bits per heavy atom. The molecule has 1 N–H and O–H groups in total. The molecular weight excluding hydrogens is 250 g/mol. The molecule has 2 aromatic heterocycles. The molecule has 1 atom stereocenters. The van der Waals surface area contributed by atoms with Gasteiger partial charge in [0.25, 0.3) is 0 Å². The summed E-state index contributed by atoms with van der Waals surface area (Å²) in [5.41, 5.74) is 2.41. The minimum Gasteiger partial charge on any atom is -0.305 e. The van der Waals surface area contributed by atoms with Crippen LogP contribution in [0.4, 0.5) is 0 Å². The molecule has 17 heavy (non-hydrogen) atoms. The lowest BCUT2D eigenvalue weighted by Crippen LogP contribution is -2.17. The molecule has 2 aromatic rings. The zero-order valence-electron chi connectivity index (χ0n) is 9.99. The molecule has 5 heteroatoms. The monoisotopic (exact) mass is 265 g/mol. The summed E-state index contributed by atoms with van der Waals surface area (Å²) in [6.45, 7) is 2.04. The van der Waals surface area contributed by atoms with Gasteiger partial charge in [0.1, 0.15) is 16.1 Å². The van der Waals surface area contributed by atoms with E-state index in [2.05, 4.69) is 15.7 Å². The Hall–Kier alpha value is -0.780. The maximum Gasteiger partial charge on any atom is 0.117 e. The van der Waals surface area contributed by atoms with Gasteiger partial charge >= 0.3 is 0 Å². The van der Waals surface area contributed by atoms with Gasteiger partial charge in [-0.1, -0.05) is 0 Å². The van der Waals surface area contributed by atoms with Crippen molar-refractivity contribution in [2.45, 2.75) is 32.2 Å². The topological polar surface area (TPSA) is 37.8 Å². The van der Waals surface area contributed by atoms with Gasteiger partial charge < -0.3 is 5.32 Å². The van der Waals surface area contributed by atoms with Crippen molar-refractivity contribution >= 4 is 22.7 Å². The molecule has 1 aliphatic carbocycles. The molecule has 3 nitrogen and oxygen atoms in total. The zero-order chi connectivity index (χ0) is 11.8. The molecular formula is C12H15N3S2. The average Bonchev–Trinajstić information content (AvgIpc) is 2.95. The number of hydrogen-bond donors (Lipinski definition) is 1. The van der Waals surface area contributed by atoms with Crippen LogP contribution in [0.2, 0.25) is 0 Å². The van der Waals surface area contributed by atoms with Gasteiger partial charge in [0.2, 0.25) is 0 Å². The van der Waals surface area contributed by atoms with Crippen LogP contribution >= 0.6 is 22.7 Å². The van der Waals surface area contributed by atoms with Crippen molar-refractivity contribution in [2.24, 2.45) is 0 Å². The first-order valence-electron chi connectivity index (χ1n) is 5.85. The molecule has 0 radical (unpaired) electrons. The molecule has 0 bridgehead atoms. The van der Waals surface area contributed by atoms with E-state index >= 15 is 0 Å². The predicted molar refractivity (Wildman–Crippen MR) is 71.9 cm³/mol. The highest BCUT2D eigenvalue weighted by Gasteiger charge is 2.23. The number of thiazole rings is 2. The second-order valence-electron chi connectivity index (χ2n) is 4.32. The summed E-state index contributed by atoms with van der Waals surface area (Å²) in [6.07, 6.45) is 3.63. The summed E-state index contributed by atoms with van der Waals surface area (Å²) >= 11 is 3.56. The van der Waals surface area contributed by atoms with E-state index in [9.17, 15) is 0 Å². The van der Waals surface area contributed by atoms with Crippen LogP contribution in [0.3, 0.4) is 0 Å². The minimum atomic E-state index is 0.171. The van der Waals surface area contributed by atoms with Gasteiger partial charge in [-0.05, 0) is 33.2 Å². The first kappa shape index (κ1) is 11.3. The lowest BCUT2D eigenvalue weighted by molar-refractivity contribution is 0.676. The fourth-order valence-electron chi connectivity index (χ4n) is 2.19. The Morgan fingerprint density at radius 2 is 2.18 bits per heavy atom. The molecule has 0 fully saturated rings. The van der Waals surface area contributed by atoms with Crippen LogP contribution in [0.1, 0.15) is 38.7 Å². The molecule has 0 aromatic carbocycles. The van der Waals surface area contributed by atoms with E-state index < -0.39 is 0 Å². The number of aryl methyl sites for hydroxylation is 3. The number of fused-ring (bicyclic) bond motifs is 1. The fourth-order valence-corrected chi connectivity index (χ4v) is 4.44. The van der Waals surface area contributed by atoms with Crippen molar-refractivity contribution in [3.8, 4) is 0 Å². The normalized spacial score (nSPS) is 16.1. The number of nitrogens with one attached hydrogen (secondary N) is 1. The molecule has 0 saturated carbocycles. The molecule has 90 valence electrons. The van der Waals surface area contributed by atoms with Crippen LogP contribution < -0.4 is 5.32 Å². The smallest absolute Gasteiger partial charge is 0.117 e. The van der Waals surface area contributed by atoms with Crippen molar-refractivity contribution in [2.75, 3.05) is 7.05 Å². The van der Waals surface area contributed by atoms with Gasteiger partial charge in [0.05, 0.1) is 5.69 Å². The summed E-state index contributed by atoms with van der Waals surface area (Å²) in [5.74, 6) is 0. The van der Waals surface area contributed by atoms with E-state index in [-0.39, 0.29) is 6.04 Å². The van der Waals surface area contributed by atoms with Crippen molar-refractivity contribution in [1.29, 1.82) is 0 Å². The Kier molecular flexibility index (Phi) is 2.98. The van der Waals surface area contributed by atoms with Crippen LogP contribution in [0.15, 0.2) is 5.38 Å². The fraction of sp³-hybridized carbons (Fsp3) is 0.500. The van der Waals surface area contributed by atoms with Crippen LogP contribution in [0.5, 0.6) is 0 Å². The van der Waals surface area contributed by atoms with Crippen molar-refractivity contribution in [3.05, 3.63) is 31.7 Å². The quantitative estimate of drug-likeness (QED) is 0.927. The lowest BCUT2D eigenvalue weighted by Gasteiger charge is -2.09. The third kappa shape index (κ3) is 2.03. The molecule has 1 aliphatic rings. The Bertz CT molecular complexity index is 508. The molecule has 0 saturated heterocycles. The lowest BCUT2D eigenvalue weighted by atomic mass is 10.3. The highest BCUT2D eigenvalue weighted by molar-refractivity contribution is 7.12. The van der Waals surface area contributed by atoms with Gasteiger partial charge in [-0.2, -0.15) is 0 Å². The Morgan fingerprint density at radius 1 is 1.29 bits per heavy atom. The van der Waals surface area contributed by atoms with Gasteiger partial charge in [-0.3, -0.25) is 0 Å². The first-order valence-corrected chi connectivity index (χ1v) is 7.55. The maximum atomic E-state index is 4.77. The Labute approximate surface area is 109 Å². The van der Waals surface area contributed by atoms with Crippen LogP contribution in [0.25, 0.3) is 0 Å². The van der Waals surface area contributed by atoms with E-state index in [0.29, 0.717) is 0 Å². The third-order valence-corrected chi connectivity index (χ3v) is 5.28. The maximum absolute atomic E-state index is 4.77. The standard InChI is InChI=1S/C12H15N3S2/c1-7-6-16-11(14-7)10(13-2)12-15-8-4-3-5-9(8)17-12/h6,10,13H,3-5H2,1-2H3. The SMILES string of the molecule is CNC(c1nc(C)cs1)c1nc2c(s1)CCC2. The molecule has 3 rings (SSSR count). The molecule has 1 unspecified atom stereocenters. The summed E-state index contributed by atoms with van der Waals surface area (Å²) in [4.78, 5) is 10.8. The van der Waals surface area contributed by atoms with E-state index in [1.54, 1.807) is 11.3 Å². The van der Waals surface area contributed by atoms with Crippen molar-refractivity contribution in [1.82, 2.24) is 15.3 Å². The first-order chi connectivity index (χ1) is 8.28. The predicted octanol–water partition coefficient (Wildman–Crippen LogP) is 2.71.